The minimum Gasteiger partial charge on any atom is -0.493 e. The van der Waals surface area contributed by atoms with Crippen LogP contribution in [0, 0.1) is 0 Å². The van der Waals surface area contributed by atoms with Gasteiger partial charge in [0.2, 0.25) is 0 Å². The van der Waals surface area contributed by atoms with Gasteiger partial charge in [-0.05, 0) is 43.2 Å². The smallest absolute Gasteiger partial charge is 0.256 e. The van der Waals surface area contributed by atoms with Crippen molar-refractivity contribution >= 4 is 45.5 Å². The Kier molecular flexibility index (Phi) is 6.03. The highest BCUT2D eigenvalue weighted by atomic mass is 16.5. The Hall–Kier alpha value is -4.66. The van der Waals surface area contributed by atoms with Crippen molar-refractivity contribution in [2.24, 2.45) is 4.99 Å². The van der Waals surface area contributed by atoms with E-state index >= 15 is 0 Å². The summed E-state index contributed by atoms with van der Waals surface area (Å²) in [4.78, 5) is 48.6. The highest BCUT2D eigenvalue weighted by Crippen LogP contribution is 2.38. The van der Waals surface area contributed by atoms with Crippen molar-refractivity contribution in [3.8, 4) is 11.5 Å². The van der Waals surface area contributed by atoms with Crippen LogP contribution in [0.4, 0.5) is 5.69 Å². The normalized spacial score (nSPS) is 16.3. The molecule has 1 saturated heterocycles. The first-order chi connectivity index (χ1) is 18.5. The molecule has 1 fully saturated rings. The predicted octanol–water partition coefficient (Wildman–Crippen LogP) is 3.82. The van der Waals surface area contributed by atoms with Crippen molar-refractivity contribution in [2.45, 2.75) is 18.9 Å². The minimum absolute atomic E-state index is 0.0162. The summed E-state index contributed by atoms with van der Waals surface area (Å²) in [6, 6.07) is 15.7. The van der Waals surface area contributed by atoms with Crippen LogP contribution in [0.5, 0.6) is 11.5 Å². The molecule has 2 aliphatic rings. The monoisotopic (exact) mass is 510 g/mol. The number of nitrogens with zero attached hydrogens (tertiary/aromatic N) is 2. The molecule has 2 N–H and O–H groups in total. The van der Waals surface area contributed by atoms with Crippen molar-refractivity contribution in [3.05, 3.63) is 75.9 Å². The second kappa shape index (κ2) is 9.66. The van der Waals surface area contributed by atoms with E-state index in [4.69, 9.17) is 9.47 Å². The third kappa shape index (κ3) is 4.06. The quantitative estimate of drug-likeness (QED) is 0.303. The fourth-order valence-corrected chi connectivity index (χ4v) is 5.18. The molecular weight excluding hydrogens is 484 g/mol. The van der Waals surface area contributed by atoms with Gasteiger partial charge in [0.1, 0.15) is 6.61 Å². The molecule has 192 valence electrons. The SMILES string of the molecule is COc1cc2c(cc1OCCNC(=O)c1cccc3c(=O)c4ccccc4[nH]c13)N=C[C@@H]1CCCN1C2=O. The summed E-state index contributed by atoms with van der Waals surface area (Å²) in [6.45, 7) is 1.10. The lowest BCUT2D eigenvalue weighted by molar-refractivity contribution is 0.0774. The van der Waals surface area contributed by atoms with Gasteiger partial charge in [-0.1, -0.05) is 18.2 Å². The van der Waals surface area contributed by atoms with Crippen LogP contribution < -0.4 is 20.2 Å². The zero-order valence-corrected chi connectivity index (χ0v) is 20.8. The summed E-state index contributed by atoms with van der Waals surface area (Å²) in [6.07, 6.45) is 3.70. The number of rotatable bonds is 6. The molecule has 9 heteroatoms. The third-order valence-electron chi connectivity index (χ3n) is 7.09. The number of methoxy groups -OCH3 is 1. The molecule has 2 amide bonds. The van der Waals surface area contributed by atoms with Gasteiger partial charge in [0.05, 0.1) is 42.0 Å². The number of fused-ring (bicyclic) bond motifs is 4. The molecule has 9 nitrogen and oxygen atoms in total. The minimum atomic E-state index is -0.324. The van der Waals surface area contributed by atoms with Gasteiger partial charge in [-0.25, -0.2) is 0 Å². The number of H-pyrrole nitrogens is 1. The summed E-state index contributed by atoms with van der Waals surface area (Å²) in [7, 11) is 1.52. The van der Waals surface area contributed by atoms with Crippen molar-refractivity contribution in [1.82, 2.24) is 15.2 Å². The zero-order valence-electron chi connectivity index (χ0n) is 20.8. The number of carbonyl (C=O) groups is 2. The molecule has 0 saturated carbocycles. The van der Waals surface area contributed by atoms with Crippen molar-refractivity contribution in [2.75, 3.05) is 26.8 Å². The van der Waals surface area contributed by atoms with Crippen molar-refractivity contribution in [3.63, 3.8) is 0 Å². The molecule has 0 unspecified atom stereocenters. The molecular formula is C29H26N4O5. The van der Waals surface area contributed by atoms with E-state index < -0.39 is 0 Å². The number of aromatic amines is 1. The number of hydrogen-bond donors (Lipinski definition) is 2. The van der Waals surface area contributed by atoms with Crippen LogP contribution in [0.3, 0.4) is 0 Å². The number of ether oxygens (including phenoxy) is 2. The van der Waals surface area contributed by atoms with Gasteiger partial charge >= 0.3 is 0 Å². The third-order valence-corrected chi connectivity index (χ3v) is 7.09. The molecule has 1 aromatic heterocycles. The van der Waals surface area contributed by atoms with Gasteiger partial charge < -0.3 is 24.7 Å². The molecule has 3 aromatic carbocycles. The number of pyridine rings is 1. The average Bonchev–Trinajstić information content (AvgIpc) is 3.37. The van der Waals surface area contributed by atoms with E-state index in [-0.39, 0.29) is 36.4 Å². The maximum absolute atomic E-state index is 13.0. The van der Waals surface area contributed by atoms with Crippen LogP contribution in [0.2, 0.25) is 0 Å². The summed E-state index contributed by atoms with van der Waals surface area (Å²) in [5.41, 5.74) is 2.44. The number of aromatic nitrogens is 1. The van der Waals surface area contributed by atoms with E-state index in [1.165, 1.54) is 7.11 Å². The Labute approximate surface area is 218 Å². The fraction of sp³-hybridized carbons (Fsp3) is 0.241. The van der Waals surface area contributed by atoms with Crippen LogP contribution in [0.25, 0.3) is 21.8 Å². The number of amides is 2. The van der Waals surface area contributed by atoms with Crippen LogP contribution in [0.1, 0.15) is 33.6 Å². The molecule has 0 bridgehead atoms. The Morgan fingerprint density at radius 1 is 1.11 bits per heavy atom. The lowest BCUT2D eigenvalue weighted by Crippen LogP contribution is -2.35. The molecule has 0 radical (unpaired) electrons. The zero-order chi connectivity index (χ0) is 26.2. The highest BCUT2D eigenvalue weighted by molar-refractivity contribution is 6.07. The summed E-state index contributed by atoms with van der Waals surface area (Å²) in [5.74, 6) is 0.482. The topological polar surface area (TPSA) is 113 Å². The van der Waals surface area contributed by atoms with Gasteiger partial charge in [0, 0.05) is 35.1 Å². The first kappa shape index (κ1) is 23.7. The fourth-order valence-electron chi connectivity index (χ4n) is 5.18. The second-order valence-corrected chi connectivity index (χ2v) is 9.34. The lowest BCUT2D eigenvalue weighted by atomic mass is 10.1. The molecule has 38 heavy (non-hydrogen) atoms. The van der Waals surface area contributed by atoms with Gasteiger partial charge in [-0.2, -0.15) is 0 Å². The number of aliphatic imine (C=N–C) groups is 1. The largest absolute Gasteiger partial charge is 0.493 e. The van der Waals surface area contributed by atoms with E-state index in [0.717, 1.165) is 19.4 Å². The van der Waals surface area contributed by atoms with E-state index in [1.54, 1.807) is 36.4 Å². The van der Waals surface area contributed by atoms with E-state index in [9.17, 15) is 14.4 Å². The molecule has 3 heterocycles. The Balaban J connectivity index is 1.18. The predicted molar refractivity (Wildman–Crippen MR) is 145 cm³/mol. The molecule has 0 aliphatic carbocycles. The first-order valence-electron chi connectivity index (χ1n) is 12.6. The van der Waals surface area contributed by atoms with Crippen molar-refractivity contribution in [1.29, 1.82) is 0 Å². The average molecular weight is 511 g/mol. The maximum atomic E-state index is 13.0. The van der Waals surface area contributed by atoms with E-state index in [0.29, 0.717) is 50.1 Å². The highest BCUT2D eigenvalue weighted by Gasteiger charge is 2.32. The van der Waals surface area contributed by atoms with Crippen LogP contribution in [0.15, 0.2) is 64.4 Å². The van der Waals surface area contributed by atoms with Gasteiger partial charge in [0.25, 0.3) is 11.8 Å². The van der Waals surface area contributed by atoms with Crippen LogP contribution >= 0.6 is 0 Å². The van der Waals surface area contributed by atoms with E-state index in [2.05, 4.69) is 15.3 Å². The molecule has 4 aromatic rings. The van der Waals surface area contributed by atoms with Gasteiger partial charge in [-0.3, -0.25) is 19.4 Å². The Bertz CT molecular complexity index is 1680. The summed E-state index contributed by atoms with van der Waals surface area (Å²) in [5, 5.41) is 3.89. The first-order valence-corrected chi connectivity index (χ1v) is 12.6. The van der Waals surface area contributed by atoms with Crippen molar-refractivity contribution < 1.29 is 19.1 Å². The second-order valence-electron chi connectivity index (χ2n) is 9.34. The molecule has 2 aliphatic heterocycles. The maximum Gasteiger partial charge on any atom is 0.256 e. The number of benzene rings is 3. The van der Waals surface area contributed by atoms with Crippen LogP contribution in [-0.4, -0.2) is 60.8 Å². The number of hydrogen-bond acceptors (Lipinski definition) is 6. The standard InChI is InChI=1S/C29H26N4O5/c1-37-24-14-21-23(31-16-17-6-5-12-33(17)29(21)36)15-25(24)38-13-11-30-28(35)20-9-4-8-19-26(20)32-22-10-3-2-7-18(22)27(19)34/h2-4,7-10,14-17H,5-6,11-13H2,1H3,(H,30,35)(H,32,34)/t17-/m0/s1. The van der Waals surface area contributed by atoms with Gasteiger partial charge in [0.15, 0.2) is 16.9 Å². The number of carbonyl (C=O) groups excluding carboxylic acids is 2. The molecule has 6 rings (SSSR count). The molecule has 0 spiro atoms. The van der Waals surface area contributed by atoms with E-state index in [1.807, 2.05) is 29.3 Å². The lowest BCUT2D eigenvalue weighted by Gasteiger charge is -2.20. The summed E-state index contributed by atoms with van der Waals surface area (Å²) < 4.78 is 11.4. The Morgan fingerprint density at radius 2 is 1.95 bits per heavy atom. The number of nitrogens with one attached hydrogen (secondary N) is 2. The molecule has 1 atom stereocenters. The Morgan fingerprint density at radius 3 is 2.82 bits per heavy atom. The number of para-hydroxylation sites is 2. The summed E-state index contributed by atoms with van der Waals surface area (Å²) >= 11 is 0. The van der Waals surface area contributed by atoms with Gasteiger partial charge in [-0.15, -0.1) is 0 Å². The van der Waals surface area contributed by atoms with Crippen LogP contribution in [-0.2, 0) is 0 Å².